The molecular weight excluding hydrogens is 396 g/mol. The summed E-state index contributed by atoms with van der Waals surface area (Å²) < 4.78 is 5.69. The highest BCUT2D eigenvalue weighted by Crippen LogP contribution is 2.17. The van der Waals surface area contributed by atoms with Crippen LogP contribution in [0.5, 0.6) is 0 Å². The molecule has 6 nitrogen and oxygen atoms in total. The van der Waals surface area contributed by atoms with Crippen molar-refractivity contribution in [2.75, 3.05) is 13.2 Å². The Kier molecular flexibility index (Phi) is 6.40. The minimum Gasteiger partial charge on any atom is -0.376 e. The van der Waals surface area contributed by atoms with Gasteiger partial charge in [0.05, 0.1) is 18.2 Å². The van der Waals surface area contributed by atoms with Crippen LogP contribution in [-0.2, 0) is 17.8 Å². The summed E-state index contributed by atoms with van der Waals surface area (Å²) in [4.78, 5) is 22.0. The second-order valence-electron chi connectivity index (χ2n) is 7.70. The zero-order valence-corrected chi connectivity index (χ0v) is 17.9. The van der Waals surface area contributed by atoms with Crippen LogP contribution in [0.3, 0.4) is 0 Å². The first kappa shape index (κ1) is 20.5. The number of hydrogen-bond donors (Lipinski definition) is 2. The van der Waals surface area contributed by atoms with E-state index < -0.39 is 0 Å². The van der Waals surface area contributed by atoms with Crippen LogP contribution in [0.25, 0.3) is 10.9 Å². The van der Waals surface area contributed by atoms with E-state index in [9.17, 15) is 4.79 Å². The minimum atomic E-state index is -0.0880. The fraction of sp³-hybridized carbons (Fsp3) is 0.348. The van der Waals surface area contributed by atoms with E-state index in [1.165, 1.54) is 0 Å². The van der Waals surface area contributed by atoms with Crippen molar-refractivity contribution in [1.82, 2.24) is 20.2 Å². The van der Waals surface area contributed by atoms with Gasteiger partial charge in [0.1, 0.15) is 0 Å². The van der Waals surface area contributed by atoms with E-state index in [-0.39, 0.29) is 11.7 Å². The topological polar surface area (TPSA) is 70.2 Å². The van der Waals surface area contributed by atoms with E-state index >= 15 is 0 Å². The van der Waals surface area contributed by atoms with Crippen molar-refractivity contribution in [3.05, 3.63) is 75.8 Å². The summed E-state index contributed by atoms with van der Waals surface area (Å²) in [7, 11) is 0. The van der Waals surface area contributed by atoms with Gasteiger partial charge >= 0.3 is 0 Å². The molecular formula is C23H26N4O2S. The van der Waals surface area contributed by atoms with Crippen LogP contribution in [0.1, 0.15) is 29.5 Å². The number of benzene rings is 1. The first-order valence-corrected chi connectivity index (χ1v) is 10.7. The van der Waals surface area contributed by atoms with Gasteiger partial charge in [-0.1, -0.05) is 24.3 Å². The van der Waals surface area contributed by atoms with Crippen molar-refractivity contribution < 1.29 is 4.74 Å². The van der Waals surface area contributed by atoms with E-state index in [4.69, 9.17) is 17.0 Å². The molecule has 0 aliphatic carbocycles. The summed E-state index contributed by atoms with van der Waals surface area (Å²) in [6.07, 6.45) is 5.89. The summed E-state index contributed by atoms with van der Waals surface area (Å²) in [5.74, 6) is 0. The maximum atomic E-state index is 12.8. The zero-order valence-electron chi connectivity index (χ0n) is 17.1. The second-order valence-corrected chi connectivity index (χ2v) is 8.09. The maximum Gasteiger partial charge on any atom is 0.253 e. The number of thiocarbonyl (C=S) groups is 1. The third-order valence-corrected chi connectivity index (χ3v) is 5.82. The van der Waals surface area contributed by atoms with Gasteiger partial charge in [-0.15, -0.1) is 0 Å². The molecule has 30 heavy (non-hydrogen) atoms. The Bertz CT molecular complexity index is 1080. The Morgan fingerprint density at radius 3 is 3.00 bits per heavy atom. The van der Waals surface area contributed by atoms with Crippen LogP contribution >= 0.6 is 12.2 Å². The normalized spacial score (nSPS) is 16.0. The summed E-state index contributed by atoms with van der Waals surface area (Å²) in [5, 5.41) is 4.96. The molecule has 7 heteroatoms. The molecule has 0 bridgehead atoms. The molecule has 3 aromatic rings. The molecule has 0 radical (unpaired) electrons. The maximum absolute atomic E-state index is 12.8. The van der Waals surface area contributed by atoms with Crippen LogP contribution in [-0.4, -0.2) is 39.2 Å². The fourth-order valence-corrected chi connectivity index (χ4v) is 3.99. The molecule has 0 spiro atoms. The smallest absolute Gasteiger partial charge is 0.253 e. The first-order valence-electron chi connectivity index (χ1n) is 10.2. The van der Waals surface area contributed by atoms with Gasteiger partial charge in [0, 0.05) is 37.7 Å². The minimum absolute atomic E-state index is 0.0880. The molecule has 0 unspecified atom stereocenters. The molecule has 1 atom stereocenters. The summed E-state index contributed by atoms with van der Waals surface area (Å²) in [6, 6.07) is 11.9. The number of aryl methyl sites for hydroxylation is 1. The number of H-pyrrole nitrogens is 1. The molecule has 4 rings (SSSR count). The van der Waals surface area contributed by atoms with Gasteiger partial charge in [-0.25, -0.2) is 0 Å². The first-order chi connectivity index (χ1) is 14.6. The van der Waals surface area contributed by atoms with Crippen LogP contribution < -0.4 is 10.9 Å². The Morgan fingerprint density at radius 1 is 1.33 bits per heavy atom. The highest BCUT2D eigenvalue weighted by molar-refractivity contribution is 7.80. The molecule has 2 aromatic heterocycles. The van der Waals surface area contributed by atoms with E-state index in [0.29, 0.717) is 30.3 Å². The molecule has 3 heterocycles. The van der Waals surface area contributed by atoms with Crippen molar-refractivity contribution in [2.45, 2.75) is 39.0 Å². The monoisotopic (exact) mass is 422 g/mol. The lowest BCUT2D eigenvalue weighted by Gasteiger charge is -2.26. The van der Waals surface area contributed by atoms with E-state index in [1.807, 2.05) is 54.4 Å². The van der Waals surface area contributed by atoms with Crippen molar-refractivity contribution in [1.29, 1.82) is 0 Å². The van der Waals surface area contributed by atoms with E-state index in [1.54, 1.807) is 6.20 Å². The van der Waals surface area contributed by atoms with Gasteiger partial charge in [-0.3, -0.25) is 9.78 Å². The third kappa shape index (κ3) is 4.86. The number of nitrogens with zero attached hydrogens (tertiary/aromatic N) is 2. The highest BCUT2D eigenvalue weighted by Gasteiger charge is 2.18. The van der Waals surface area contributed by atoms with Gasteiger partial charge in [0.25, 0.3) is 5.56 Å². The van der Waals surface area contributed by atoms with Gasteiger partial charge < -0.3 is 19.9 Å². The predicted molar refractivity (Wildman–Crippen MR) is 122 cm³/mol. The number of rotatable bonds is 6. The number of pyridine rings is 2. The molecule has 1 fully saturated rings. The fourth-order valence-electron chi connectivity index (χ4n) is 3.78. The standard InChI is InChI=1S/C23H26N4O2S/c1-16-5-2-7-18-11-19(22(28)26-21(16)18)15-27(14-17-6-3-9-24-12-17)23(30)25-13-20-8-4-10-29-20/h2-3,5-7,9,11-12,20H,4,8,10,13-15H2,1H3,(H,25,30)(H,26,28)/t20-/m1/s1. The average Bonchev–Trinajstić information content (AvgIpc) is 3.27. The number of para-hydroxylation sites is 1. The van der Waals surface area contributed by atoms with Crippen molar-refractivity contribution in [3.63, 3.8) is 0 Å². The van der Waals surface area contributed by atoms with Gasteiger partial charge in [0.2, 0.25) is 0 Å². The van der Waals surface area contributed by atoms with Crippen molar-refractivity contribution >= 4 is 28.2 Å². The highest BCUT2D eigenvalue weighted by atomic mass is 32.1. The summed E-state index contributed by atoms with van der Waals surface area (Å²) in [6.45, 7) is 4.46. The Balaban J connectivity index is 1.57. The number of nitrogens with one attached hydrogen (secondary N) is 2. The molecule has 1 saturated heterocycles. The largest absolute Gasteiger partial charge is 0.376 e. The molecule has 0 amide bonds. The lowest BCUT2D eigenvalue weighted by atomic mass is 10.1. The molecule has 1 aliphatic heterocycles. The third-order valence-electron chi connectivity index (χ3n) is 5.41. The quantitative estimate of drug-likeness (QED) is 0.594. The van der Waals surface area contributed by atoms with E-state index in [0.717, 1.165) is 41.5 Å². The molecule has 1 aliphatic rings. The second kappa shape index (κ2) is 9.36. The number of aromatic nitrogens is 2. The van der Waals surface area contributed by atoms with E-state index in [2.05, 4.69) is 15.3 Å². The molecule has 156 valence electrons. The summed E-state index contributed by atoms with van der Waals surface area (Å²) in [5.41, 5.74) is 3.56. The van der Waals surface area contributed by atoms with Gasteiger partial charge in [-0.05, 0) is 60.6 Å². The average molecular weight is 423 g/mol. The van der Waals surface area contributed by atoms with Crippen LogP contribution in [0.15, 0.2) is 53.6 Å². The Labute approximate surface area is 181 Å². The van der Waals surface area contributed by atoms with Gasteiger partial charge in [0.15, 0.2) is 5.11 Å². The molecule has 0 saturated carbocycles. The number of ether oxygens (including phenoxy) is 1. The molecule has 1 aromatic carbocycles. The Hall–Kier alpha value is -2.77. The summed E-state index contributed by atoms with van der Waals surface area (Å²) >= 11 is 5.69. The Morgan fingerprint density at radius 2 is 2.23 bits per heavy atom. The van der Waals surface area contributed by atoms with Crippen LogP contribution in [0, 0.1) is 6.92 Å². The number of hydrogen-bond acceptors (Lipinski definition) is 4. The van der Waals surface area contributed by atoms with Crippen molar-refractivity contribution in [2.24, 2.45) is 0 Å². The number of aromatic amines is 1. The van der Waals surface area contributed by atoms with Crippen LogP contribution in [0.2, 0.25) is 0 Å². The SMILES string of the molecule is Cc1cccc2cc(CN(Cc3cccnc3)C(=S)NC[C@H]3CCCO3)c(=O)[nH]c12. The predicted octanol–water partition coefficient (Wildman–Crippen LogP) is 3.29. The lowest BCUT2D eigenvalue weighted by molar-refractivity contribution is 0.113. The lowest BCUT2D eigenvalue weighted by Crippen LogP contribution is -2.42. The van der Waals surface area contributed by atoms with Crippen LogP contribution in [0.4, 0.5) is 0 Å². The van der Waals surface area contributed by atoms with Gasteiger partial charge in [-0.2, -0.15) is 0 Å². The molecule has 2 N–H and O–H groups in total. The van der Waals surface area contributed by atoms with Crippen molar-refractivity contribution in [3.8, 4) is 0 Å². The number of fused-ring (bicyclic) bond motifs is 1. The zero-order chi connectivity index (χ0) is 20.9.